The van der Waals surface area contributed by atoms with E-state index in [-0.39, 0.29) is 22.2 Å². The van der Waals surface area contributed by atoms with Crippen molar-refractivity contribution in [2.24, 2.45) is 0 Å². The zero-order valence-corrected chi connectivity index (χ0v) is 21.7. The standard InChI is InChI=1S/C25H30O3.C5H10O/c1-7-16-13-17(8-9-18(16)23(27)28)22(26)19-14-21-20(12-15(19)2)24(3,4)10-11-25(21,5)6;1-2-4-6-5-3-1/h8-9,12-14H,7,10-11H2,1-6H3,(H,27,28);1-5H2. The summed E-state index contributed by atoms with van der Waals surface area (Å²) in [5.41, 5.74) is 5.95. The molecule has 1 N–H and O–H groups in total. The van der Waals surface area contributed by atoms with Crippen molar-refractivity contribution in [2.45, 2.75) is 90.9 Å². The highest BCUT2D eigenvalue weighted by atomic mass is 16.5. The van der Waals surface area contributed by atoms with Gasteiger partial charge in [-0.05, 0) is 96.7 Å². The second-order valence-corrected chi connectivity index (χ2v) is 11.0. The van der Waals surface area contributed by atoms with Crippen molar-refractivity contribution in [3.8, 4) is 0 Å². The fraction of sp³-hybridized carbons (Fsp3) is 0.533. The van der Waals surface area contributed by atoms with Gasteiger partial charge in [0, 0.05) is 24.3 Å². The Kier molecular flexibility index (Phi) is 8.02. The van der Waals surface area contributed by atoms with E-state index in [2.05, 4.69) is 39.8 Å². The lowest BCUT2D eigenvalue weighted by Gasteiger charge is -2.42. The Hall–Kier alpha value is -2.46. The molecule has 1 fully saturated rings. The number of hydrogen-bond donors (Lipinski definition) is 1. The second-order valence-electron chi connectivity index (χ2n) is 11.0. The molecule has 0 bridgehead atoms. The van der Waals surface area contributed by atoms with Gasteiger partial charge in [-0.15, -0.1) is 0 Å². The highest BCUT2D eigenvalue weighted by molar-refractivity contribution is 6.10. The molecule has 1 aliphatic carbocycles. The number of carboxylic acids is 1. The Morgan fingerprint density at radius 3 is 1.94 bits per heavy atom. The first-order chi connectivity index (χ1) is 16.0. The summed E-state index contributed by atoms with van der Waals surface area (Å²) < 4.78 is 5.07. The molecule has 184 valence electrons. The lowest BCUT2D eigenvalue weighted by Crippen LogP contribution is -2.34. The Bertz CT molecular complexity index is 1050. The van der Waals surface area contributed by atoms with Gasteiger partial charge >= 0.3 is 5.97 Å². The summed E-state index contributed by atoms with van der Waals surface area (Å²) in [5, 5.41) is 9.34. The lowest BCUT2D eigenvalue weighted by molar-refractivity contribution is 0.0695. The van der Waals surface area contributed by atoms with E-state index in [0.29, 0.717) is 17.5 Å². The third-order valence-corrected chi connectivity index (χ3v) is 7.50. The largest absolute Gasteiger partial charge is 0.478 e. The summed E-state index contributed by atoms with van der Waals surface area (Å²) >= 11 is 0. The van der Waals surface area contributed by atoms with Gasteiger partial charge < -0.3 is 9.84 Å². The van der Waals surface area contributed by atoms with Gasteiger partial charge in [0.15, 0.2) is 5.78 Å². The molecule has 2 aromatic rings. The second kappa shape index (κ2) is 10.4. The smallest absolute Gasteiger partial charge is 0.335 e. The van der Waals surface area contributed by atoms with Gasteiger partial charge in [-0.3, -0.25) is 4.79 Å². The minimum atomic E-state index is -0.954. The maximum atomic E-state index is 13.3. The van der Waals surface area contributed by atoms with Crippen LogP contribution in [0.5, 0.6) is 0 Å². The van der Waals surface area contributed by atoms with Crippen LogP contribution in [0.2, 0.25) is 0 Å². The lowest BCUT2D eigenvalue weighted by atomic mass is 9.62. The average Bonchev–Trinajstić information content (AvgIpc) is 2.82. The Morgan fingerprint density at radius 1 is 0.882 bits per heavy atom. The molecule has 0 atom stereocenters. The number of ketones is 1. The van der Waals surface area contributed by atoms with Crippen molar-refractivity contribution in [3.05, 3.63) is 69.3 Å². The molecule has 0 saturated carbocycles. The van der Waals surface area contributed by atoms with Gasteiger partial charge in [0.25, 0.3) is 0 Å². The van der Waals surface area contributed by atoms with E-state index in [1.807, 2.05) is 13.8 Å². The van der Waals surface area contributed by atoms with Gasteiger partial charge in [-0.2, -0.15) is 0 Å². The topological polar surface area (TPSA) is 63.6 Å². The van der Waals surface area contributed by atoms with Crippen LogP contribution in [-0.4, -0.2) is 30.1 Å². The number of carboxylic acid groups (broad SMARTS) is 1. The molecule has 2 aromatic carbocycles. The fourth-order valence-electron chi connectivity index (χ4n) is 5.05. The molecule has 0 unspecified atom stereocenters. The number of carbonyl (C=O) groups is 2. The predicted octanol–water partition coefficient (Wildman–Crippen LogP) is 7.02. The molecule has 1 heterocycles. The van der Waals surface area contributed by atoms with E-state index in [1.165, 1.54) is 30.4 Å². The first-order valence-electron chi connectivity index (χ1n) is 12.6. The van der Waals surface area contributed by atoms with Crippen molar-refractivity contribution in [1.82, 2.24) is 0 Å². The van der Waals surface area contributed by atoms with E-state index in [9.17, 15) is 14.7 Å². The quantitative estimate of drug-likeness (QED) is 0.494. The fourth-order valence-corrected chi connectivity index (χ4v) is 5.05. The zero-order chi connectivity index (χ0) is 25.1. The van der Waals surface area contributed by atoms with E-state index in [4.69, 9.17) is 4.74 Å². The van der Waals surface area contributed by atoms with Crippen LogP contribution in [-0.2, 0) is 22.0 Å². The number of ether oxygens (including phenoxy) is 1. The van der Waals surface area contributed by atoms with Crippen LogP contribution >= 0.6 is 0 Å². The molecule has 0 aromatic heterocycles. The van der Waals surface area contributed by atoms with Crippen LogP contribution in [0.3, 0.4) is 0 Å². The van der Waals surface area contributed by atoms with Crippen LogP contribution < -0.4 is 0 Å². The van der Waals surface area contributed by atoms with Crippen LogP contribution in [0.1, 0.15) is 115 Å². The normalized spacial score (nSPS) is 18.3. The molecule has 0 spiro atoms. The first kappa shape index (κ1) is 26.2. The number of hydrogen-bond acceptors (Lipinski definition) is 3. The highest BCUT2D eigenvalue weighted by Crippen LogP contribution is 2.46. The number of aromatic carboxylic acids is 1. The molecule has 1 aliphatic heterocycles. The van der Waals surface area contributed by atoms with E-state index >= 15 is 0 Å². The molecule has 2 aliphatic rings. The number of rotatable bonds is 4. The Labute approximate surface area is 204 Å². The number of fused-ring (bicyclic) bond motifs is 1. The molecule has 34 heavy (non-hydrogen) atoms. The molecule has 0 amide bonds. The maximum absolute atomic E-state index is 13.3. The SMILES string of the molecule is C1CCOCC1.CCc1cc(C(=O)c2cc3c(cc2C)C(C)(C)CCC3(C)C)ccc1C(=O)O. The van der Waals surface area contributed by atoms with E-state index < -0.39 is 5.97 Å². The number of carbonyl (C=O) groups excluding carboxylic acids is 1. The molecule has 4 heteroatoms. The minimum Gasteiger partial charge on any atom is -0.478 e. The van der Waals surface area contributed by atoms with Crippen LogP contribution in [0, 0.1) is 6.92 Å². The molecule has 4 rings (SSSR count). The summed E-state index contributed by atoms with van der Waals surface area (Å²) in [6.07, 6.45) is 6.74. The monoisotopic (exact) mass is 464 g/mol. The third kappa shape index (κ3) is 5.60. The van der Waals surface area contributed by atoms with Crippen LogP contribution in [0.15, 0.2) is 30.3 Å². The summed E-state index contributed by atoms with van der Waals surface area (Å²) in [6, 6.07) is 9.20. The molecule has 0 radical (unpaired) electrons. The summed E-state index contributed by atoms with van der Waals surface area (Å²) in [7, 11) is 0. The summed E-state index contributed by atoms with van der Waals surface area (Å²) in [4.78, 5) is 24.7. The van der Waals surface area contributed by atoms with E-state index in [0.717, 1.165) is 37.2 Å². The molecule has 4 nitrogen and oxygen atoms in total. The van der Waals surface area contributed by atoms with Crippen molar-refractivity contribution >= 4 is 11.8 Å². The van der Waals surface area contributed by atoms with E-state index in [1.54, 1.807) is 18.2 Å². The van der Waals surface area contributed by atoms with Crippen LogP contribution in [0.25, 0.3) is 0 Å². The zero-order valence-electron chi connectivity index (χ0n) is 21.7. The Morgan fingerprint density at radius 2 is 1.47 bits per heavy atom. The first-order valence-corrected chi connectivity index (χ1v) is 12.6. The summed E-state index contributed by atoms with van der Waals surface area (Å²) in [5.74, 6) is -0.990. The average molecular weight is 465 g/mol. The summed E-state index contributed by atoms with van der Waals surface area (Å²) in [6.45, 7) is 15.0. The molecular weight excluding hydrogens is 424 g/mol. The third-order valence-electron chi connectivity index (χ3n) is 7.50. The molecule has 1 saturated heterocycles. The van der Waals surface area contributed by atoms with Gasteiger partial charge in [0.05, 0.1) is 5.56 Å². The number of benzene rings is 2. The van der Waals surface area contributed by atoms with Gasteiger partial charge in [0.1, 0.15) is 0 Å². The highest BCUT2D eigenvalue weighted by Gasteiger charge is 2.37. The Balaban J connectivity index is 0.000000469. The van der Waals surface area contributed by atoms with Gasteiger partial charge in [0.2, 0.25) is 0 Å². The van der Waals surface area contributed by atoms with Crippen LogP contribution in [0.4, 0.5) is 0 Å². The maximum Gasteiger partial charge on any atom is 0.335 e. The van der Waals surface area contributed by atoms with Gasteiger partial charge in [-0.25, -0.2) is 4.79 Å². The minimum absolute atomic E-state index is 0.0360. The van der Waals surface area contributed by atoms with Crippen molar-refractivity contribution in [2.75, 3.05) is 13.2 Å². The van der Waals surface area contributed by atoms with Gasteiger partial charge in [-0.1, -0.05) is 46.8 Å². The predicted molar refractivity (Wildman–Crippen MR) is 137 cm³/mol. The van der Waals surface area contributed by atoms with Crippen molar-refractivity contribution < 1.29 is 19.4 Å². The number of aryl methyl sites for hydroxylation is 2. The van der Waals surface area contributed by atoms with Crippen molar-refractivity contribution in [1.29, 1.82) is 0 Å². The molecular formula is C30H40O4. The van der Waals surface area contributed by atoms with Crippen molar-refractivity contribution in [3.63, 3.8) is 0 Å².